The van der Waals surface area contributed by atoms with Gasteiger partial charge in [-0.15, -0.1) is 53.6 Å². The number of hydrogen-bond donors (Lipinski definition) is 0. The van der Waals surface area contributed by atoms with Crippen LogP contribution < -0.4 is 0 Å². The van der Waals surface area contributed by atoms with E-state index in [1.54, 1.807) is 0 Å². The van der Waals surface area contributed by atoms with Crippen molar-refractivity contribution in [3.05, 3.63) is 143 Å². The molecule has 8 rings (SSSR count). The van der Waals surface area contributed by atoms with Crippen LogP contribution in [-0.2, 0) is 32.9 Å². The molecular formula is C49H48IrN2O-2. The third kappa shape index (κ3) is 8.46. The van der Waals surface area contributed by atoms with E-state index in [4.69, 9.17) is 9.40 Å². The molecule has 0 atom stereocenters. The van der Waals surface area contributed by atoms with E-state index in [-0.39, 0.29) is 30.9 Å². The molecule has 4 heteroatoms. The summed E-state index contributed by atoms with van der Waals surface area (Å²) in [6, 6.07) is 38.7. The minimum absolute atomic E-state index is 0. The molecule has 3 aromatic heterocycles. The first-order chi connectivity index (χ1) is 24.7. The molecule has 1 radical (unpaired) electrons. The zero-order valence-corrected chi connectivity index (χ0v) is 34.8. The van der Waals surface area contributed by atoms with Crippen LogP contribution in [0.1, 0.15) is 69.4 Å². The van der Waals surface area contributed by atoms with Gasteiger partial charge in [0.25, 0.3) is 0 Å². The summed E-state index contributed by atoms with van der Waals surface area (Å²) in [6.45, 7) is 20.0. The number of aryl methyl sites for hydroxylation is 3. The van der Waals surface area contributed by atoms with Crippen molar-refractivity contribution in [3.8, 4) is 22.5 Å². The number of benzene rings is 5. The van der Waals surface area contributed by atoms with Crippen molar-refractivity contribution in [1.82, 2.24) is 9.97 Å². The third-order valence-electron chi connectivity index (χ3n) is 9.69. The van der Waals surface area contributed by atoms with Crippen LogP contribution in [0.5, 0.6) is 0 Å². The van der Waals surface area contributed by atoms with Gasteiger partial charge in [-0.3, -0.25) is 0 Å². The minimum Gasteiger partial charge on any atom is -0.501 e. The molecule has 0 aliphatic heterocycles. The molecule has 0 N–H and O–H groups in total. The topological polar surface area (TPSA) is 38.9 Å². The second-order valence-corrected chi connectivity index (χ2v) is 16.8. The Morgan fingerprint density at radius 3 is 2.04 bits per heavy atom. The smallest absolute Gasteiger partial charge is 0.121 e. The van der Waals surface area contributed by atoms with E-state index < -0.39 is 0 Å². The molecule has 5 aromatic carbocycles. The molecule has 3 heterocycles. The summed E-state index contributed by atoms with van der Waals surface area (Å²) in [4.78, 5) is 9.36. The third-order valence-corrected chi connectivity index (χ3v) is 9.69. The van der Waals surface area contributed by atoms with E-state index in [1.807, 2.05) is 18.3 Å². The van der Waals surface area contributed by atoms with Gasteiger partial charge in [0.2, 0.25) is 0 Å². The fraction of sp³-hybridized carbons (Fsp3) is 0.265. The Labute approximate surface area is 328 Å². The number of fused-ring (bicyclic) bond motifs is 6. The Balaban J connectivity index is 0.000000184. The summed E-state index contributed by atoms with van der Waals surface area (Å²) in [7, 11) is 0. The quantitative estimate of drug-likeness (QED) is 0.131. The maximum absolute atomic E-state index is 6.39. The zero-order valence-electron chi connectivity index (χ0n) is 32.4. The molecular weight excluding hydrogens is 825 g/mol. The first kappa shape index (κ1) is 38.1. The molecule has 0 saturated carbocycles. The van der Waals surface area contributed by atoms with Crippen molar-refractivity contribution in [2.24, 2.45) is 10.8 Å². The van der Waals surface area contributed by atoms with E-state index in [0.717, 1.165) is 57.3 Å². The van der Waals surface area contributed by atoms with E-state index >= 15 is 0 Å². The van der Waals surface area contributed by atoms with Crippen LogP contribution in [0.4, 0.5) is 0 Å². The number of nitrogens with zero attached hydrogens (tertiary/aromatic N) is 2. The first-order valence-corrected chi connectivity index (χ1v) is 18.3. The van der Waals surface area contributed by atoms with Gasteiger partial charge in [0.05, 0.1) is 5.58 Å². The maximum atomic E-state index is 6.39. The van der Waals surface area contributed by atoms with Gasteiger partial charge < -0.3 is 14.4 Å². The van der Waals surface area contributed by atoms with Gasteiger partial charge in [-0.25, -0.2) is 0 Å². The second-order valence-electron chi connectivity index (χ2n) is 16.8. The van der Waals surface area contributed by atoms with Crippen LogP contribution >= 0.6 is 0 Å². The van der Waals surface area contributed by atoms with E-state index in [9.17, 15) is 0 Å². The molecule has 271 valence electrons. The summed E-state index contributed by atoms with van der Waals surface area (Å²) < 4.78 is 6.39. The molecule has 0 aliphatic rings. The zero-order chi connectivity index (χ0) is 36.8. The molecule has 53 heavy (non-hydrogen) atoms. The number of hydrogen-bond acceptors (Lipinski definition) is 3. The van der Waals surface area contributed by atoms with Crippen LogP contribution in [0.15, 0.2) is 108 Å². The summed E-state index contributed by atoms with van der Waals surface area (Å²) >= 11 is 0. The van der Waals surface area contributed by atoms with Crippen molar-refractivity contribution in [1.29, 1.82) is 0 Å². The number of rotatable bonds is 4. The van der Waals surface area contributed by atoms with Crippen LogP contribution in [0.2, 0.25) is 0 Å². The maximum Gasteiger partial charge on any atom is 0.121 e. The van der Waals surface area contributed by atoms with Crippen molar-refractivity contribution >= 4 is 43.5 Å². The van der Waals surface area contributed by atoms with Crippen molar-refractivity contribution in [2.45, 2.75) is 75.2 Å². The fourth-order valence-corrected chi connectivity index (χ4v) is 6.99. The SMILES string of the molecule is Cc1c[c-]c(-c2cc(CC(C)(C)C)c(CC(C)(C)C)cn2)cc1.Cc1cnc(-c2[c-]ccc3c2oc2cc4c(ccc5ccccc54)cc23)cc1C.[Ir]. The number of furan rings is 1. The summed E-state index contributed by atoms with van der Waals surface area (Å²) in [5.41, 5.74) is 12.6. The van der Waals surface area contributed by atoms with Crippen molar-refractivity contribution in [3.63, 3.8) is 0 Å². The van der Waals surface area contributed by atoms with Gasteiger partial charge in [-0.05, 0) is 99.3 Å². The van der Waals surface area contributed by atoms with Crippen LogP contribution in [0.25, 0.3) is 66.0 Å². The second kappa shape index (κ2) is 15.0. The average Bonchev–Trinajstić information content (AvgIpc) is 3.46. The van der Waals surface area contributed by atoms with Gasteiger partial charge in [-0.2, -0.15) is 0 Å². The van der Waals surface area contributed by atoms with Gasteiger partial charge in [0, 0.05) is 37.9 Å². The molecule has 0 fully saturated rings. The average molecular weight is 873 g/mol. The summed E-state index contributed by atoms with van der Waals surface area (Å²) in [5, 5.41) is 7.14. The number of aromatic nitrogens is 2. The van der Waals surface area contributed by atoms with E-state index in [0.29, 0.717) is 0 Å². The fourth-order valence-electron chi connectivity index (χ4n) is 6.99. The summed E-state index contributed by atoms with van der Waals surface area (Å²) in [6.07, 6.45) is 6.12. The summed E-state index contributed by atoms with van der Waals surface area (Å²) in [5.74, 6) is 0. The van der Waals surface area contributed by atoms with E-state index in [1.165, 1.54) is 49.4 Å². The molecule has 0 saturated heterocycles. The largest absolute Gasteiger partial charge is 0.501 e. The first-order valence-electron chi connectivity index (χ1n) is 18.3. The Kier molecular flexibility index (Phi) is 10.8. The van der Waals surface area contributed by atoms with Crippen LogP contribution in [0.3, 0.4) is 0 Å². The predicted molar refractivity (Wildman–Crippen MR) is 220 cm³/mol. The molecule has 0 spiro atoms. The predicted octanol–water partition coefficient (Wildman–Crippen LogP) is 13.4. The molecule has 0 bridgehead atoms. The molecule has 0 amide bonds. The molecule has 0 unspecified atom stereocenters. The van der Waals surface area contributed by atoms with Gasteiger partial charge in [0.15, 0.2) is 0 Å². The Morgan fingerprint density at radius 2 is 1.32 bits per heavy atom. The number of pyridine rings is 2. The monoisotopic (exact) mass is 873 g/mol. The normalized spacial score (nSPS) is 11.9. The van der Waals surface area contributed by atoms with E-state index in [2.05, 4.69) is 164 Å². The van der Waals surface area contributed by atoms with Gasteiger partial charge in [0.1, 0.15) is 5.58 Å². The van der Waals surface area contributed by atoms with Gasteiger partial charge in [-0.1, -0.05) is 114 Å². The molecule has 0 aliphatic carbocycles. The standard InChI is InChI=1S/C27H18NO.C22H30N.Ir/c1-16-12-25(28-15-17(16)2)22-9-5-8-21-24-13-19-11-10-18-6-3-4-7-20(18)23(19)14-26(24)29-27(21)22;1-16-8-10-17(11-9-16)20-12-18(13-21(2,3)4)19(15-23-20)14-22(5,6)7;/h3-8,10-15H,1-2H3;8-10,12,15H,13-14H2,1-7H3;/q2*-1;. The molecule has 3 nitrogen and oxygen atoms in total. The van der Waals surface area contributed by atoms with Crippen molar-refractivity contribution < 1.29 is 24.5 Å². The Bertz CT molecular complexity index is 2570. The Morgan fingerprint density at radius 1 is 0.604 bits per heavy atom. The van der Waals surface area contributed by atoms with Gasteiger partial charge >= 0.3 is 0 Å². The molecule has 8 aromatic rings. The van der Waals surface area contributed by atoms with Crippen LogP contribution in [-0.4, -0.2) is 9.97 Å². The van der Waals surface area contributed by atoms with Crippen molar-refractivity contribution in [2.75, 3.05) is 0 Å². The van der Waals surface area contributed by atoms with Crippen LogP contribution in [0, 0.1) is 43.7 Å². The Hall–Kier alpha value is -4.63. The minimum atomic E-state index is 0.